The van der Waals surface area contributed by atoms with Gasteiger partial charge in [-0.2, -0.15) is 5.10 Å². The van der Waals surface area contributed by atoms with Crippen molar-refractivity contribution in [3.05, 3.63) is 34.3 Å². The Morgan fingerprint density at radius 1 is 1.47 bits per heavy atom. The topological polar surface area (TPSA) is 45.6 Å². The van der Waals surface area contributed by atoms with E-state index in [1.54, 1.807) is 6.21 Å². The van der Waals surface area contributed by atoms with Gasteiger partial charge in [0, 0.05) is 17.6 Å². The van der Waals surface area contributed by atoms with E-state index in [1.165, 1.54) is 0 Å². The second-order valence-corrected chi connectivity index (χ2v) is 5.59. The Morgan fingerprint density at radius 2 is 2.26 bits per heavy atom. The number of hydrogen-bond acceptors (Lipinski definition) is 3. The molecule has 6 heteroatoms. The molecule has 1 aromatic rings. The molecule has 19 heavy (non-hydrogen) atoms. The van der Waals surface area contributed by atoms with E-state index in [2.05, 4.69) is 31.8 Å². The predicted molar refractivity (Wildman–Crippen MR) is 84.4 cm³/mol. The fraction of sp³-hybridized carbons (Fsp3) is 0.385. The second-order valence-electron chi connectivity index (χ2n) is 4.27. The van der Waals surface area contributed by atoms with Gasteiger partial charge in [-0.05, 0) is 42.8 Å². The lowest BCUT2D eigenvalue weighted by Gasteiger charge is -2.11. The Bertz CT molecular complexity index is 444. The van der Waals surface area contributed by atoms with E-state index in [1.807, 2.05) is 24.3 Å². The molecule has 1 fully saturated rings. The van der Waals surface area contributed by atoms with Crippen LogP contribution in [0.2, 0.25) is 0 Å². The molecule has 0 aliphatic carbocycles. The third-order valence-corrected chi connectivity index (χ3v) is 3.53. The van der Waals surface area contributed by atoms with Crippen molar-refractivity contribution in [3.63, 3.8) is 0 Å². The first kappa shape index (κ1) is 14.4. The number of benzene rings is 1. The van der Waals surface area contributed by atoms with E-state index in [-0.39, 0.29) is 6.10 Å². The molecule has 0 amide bonds. The van der Waals surface area contributed by atoms with Gasteiger partial charge in [0.15, 0.2) is 5.11 Å². The summed E-state index contributed by atoms with van der Waals surface area (Å²) in [5.41, 5.74) is 3.80. The minimum Gasteiger partial charge on any atom is -0.376 e. The summed E-state index contributed by atoms with van der Waals surface area (Å²) >= 11 is 8.51. The average molecular weight is 342 g/mol. The maximum Gasteiger partial charge on any atom is 0.187 e. The van der Waals surface area contributed by atoms with Crippen molar-refractivity contribution in [2.45, 2.75) is 18.9 Å². The minimum atomic E-state index is 0.273. The van der Waals surface area contributed by atoms with Crippen LogP contribution in [0.25, 0.3) is 0 Å². The minimum absolute atomic E-state index is 0.273. The third-order valence-electron chi connectivity index (χ3n) is 2.76. The number of hydrazone groups is 1. The molecule has 1 atom stereocenters. The monoisotopic (exact) mass is 341 g/mol. The van der Waals surface area contributed by atoms with Crippen LogP contribution >= 0.6 is 28.1 Å². The molecule has 2 N–H and O–H groups in total. The lowest BCUT2D eigenvalue weighted by Crippen LogP contribution is -2.37. The average Bonchev–Trinajstić information content (AvgIpc) is 2.92. The first-order valence-corrected chi connectivity index (χ1v) is 7.38. The number of rotatable bonds is 4. The highest BCUT2D eigenvalue weighted by atomic mass is 79.9. The Morgan fingerprint density at radius 3 is 2.95 bits per heavy atom. The highest BCUT2D eigenvalue weighted by Gasteiger charge is 2.14. The van der Waals surface area contributed by atoms with E-state index in [4.69, 9.17) is 17.0 Å². The molecule has 1 heterocycles. The normalized spacial score (nSPS) is 18.7. The molecule has 2 rings (SSSR count). The molecule has 0 bridgehead atoms. The first-order valence-electron chi connectivity index (χ1n) is 6.18. The molecule has 4 nitrogen and oxygen atoms in total. The summed E-state index contributed by atoms with van der Waals surface area (Å²) in [5, 5.41) is 7.69. The Balaban J connectivity index is 1.69. The fourth-order valence-corrected chi connectivity index (χ4v) is 2.17. The molecule has 0 saturated carbocycles. The van der Waals surface area contributed by atoms with Gasteiger partial charge < -0.3 is 10.1 Å². The molecule has 0 aromatic heterocycles. The first-order chi connectivity index (χ1) is 9.24. The maximum absolute atomic E-state index is 5.50. The molecular formula is C13H16BrN3OS. The molecule has 1 aliphatic rings. The Hall–Kier alpha value is -0.980. The predicted octanol–water partition coefficient (Wildman–Crippen LogP) is 2.43. The second kappa shape index (κ2) is 7.57. The summed E-state index contributed by atoms with van der Waals surface area (Å²) in [6, 6.07) is 7.88. The molecular weight excluding hydrogens is 326 g/mol. The molecule has 0 spiro atoms. The van der Waals surface area contributed by atoms with E-state index >= 15 is 0 Å². The molecule has 0 radical (unpaired) electrons. The number of hydrogen-bond donors (Lipinski definition) is 2. The molecule has 1 aromatic carbocycles. The molecule has 1 unspecified atom stereocenters. The van der Waals surface area contributed by atoms with Crippen LogP contribution in [-0.4, -0.2) is 30.6 Å². The SMILES string of the molecule is S=C(NCC1CCCO1)NN=Cc1ccc(Br)cc1. The zero-order valence-corrected chi connectivity index (χ0v) is 12.8. The largest absolute Gasteiger partial charge is 0.376 e. The van der Waals surface area contributed by atoms with Gasteiger partial charge in [0.25, 0.3) is 0 Å². The van der Waals surface area contributed by atoms with Gasteiger partial charge in [-0.25, -0.2) is 0 Å². The molecule has 1 aliphatic heterocycles. The van der Waals surface area contributed by atoms with Crippen LogP contribution in [0, 0.1) is 0 Å². The number of nitrogens with zero attached hydrogens (tertiary/aromatic N) is 1. The van der Waals surface area contributed by atoms with Gasteiger partial charge in [0.1, 0.15) is 0 Å². The Kier molecular flexibility index (Phi) is 5.75. The van der Waals surface area contributed by atoms with Crippen LogP contribution in [0.4, 0.5) is 0 Å². The summed E-state index contributed by atoms with van der Waals surface area (Å²) in [6.07, 6.45) is 4.23. The van der Waals surface area contributed by atoms with E-state index in [0.29, 0.717) is 5.11 Å². The quantitative estimate of drug-likeness (QED) is 0.501. The van der Waals surface area contributed by atoms with Crippen molar-refractivity contribution >= 4 is 39.5 Å². The van der Waals surface area contributed by atoms with E-state index in [0.717, 1.165) is 36.0 Å². The van der Waals surface area contributed by atoms with Crippen molar-refractivity contribution in [3.8, 4) is 0 Å². The fourth-order valence-electron chi connectivity index (χ4n) is 1.77. The van der Waals surface area contributed by atoms with Crippen molar-refractivity contribution in [2.24, 2.45) is 5.10 Å². The number of ether oxygens (including phenoxy) is 1. The standard InChI is InChI=1S/C13H16BrN3OS/c14-11-5-3-10(4-6-11)8-16-17-13(19)15-9-12-2-1-7-18-12/h3-6,8,12H,1-2,7,9H2,(H2,15,17,19). The van der Waals surface area contributed by atoms with Crippen molar-refractivity contribution < 1.29 is 4.74 Å². The van der Waals surface area contributed by atoms with Gasteiger partial charge in [-0.15, -0.1) is 0 Å². The third kappa shape index (κ3) is 5.26. The summed E-state index contributed by atoms with van der Waals surface area (Å²) in [6.45, 7) is 1.59. The van der Waals surface area contributed by atoms with Crippen LogP contribution in [0.1, 0.15) is 18.4 Å². The maximum atomic E-state index is 5.50. The summed E-state index contributed by atoms with van der Waals surface area (Å²) in [5.74, 6) is 0. The zero-order chi connectivity index (χ0) is 13.5. The molecule has 102 valence electrons. The smallest absolute Gasteiger partial charge is 0.187 e. The van der Waals surface area contributed by atoms with Crippen molar-refractivity contribution in [2.75, 3.05) is 13.2 Å². The van der Waals surface area contributed by atoms with Gasteiger partial charge in [0.2, 0.25) is 0 Å². The number of thiocarbonyl (C=S) groups is 1. The van der Waals surface area contributed by atoms with E-state index < -0.39 is 0 Å². The van der Waals surface area contributed by atoms with E-state index in [9.17, 15) is 0 Å². The van der Waals surface area contributed by atoms with Gasteiger partial charge in [-0.1, -0.05) is 28.1 Å². The lowest BCUT2D eigenvalue weighted by atomic mass is 10.2. The van der Waals surface area contributed by atoms with Gasteiger partial charge >= 0.3 is 0 Å². The highest BCUT2D eigenvalue weighted by Crippen LogP contribution is 2.10. The summed E-state index contributed by atoms with van der Waals surface area (Å²) < 4.78 is 6.54. The van der Waals surface area contributed by atoms with Gasteiger partial charge in [0.05, 0.1) is 12.3 Å². The zero-order valence-electron chi connectivity index (χ0n) is 10.4. The van der Waals surface area contributed by atoms with Crippen molar-refractivity contribution in [1.29, 1.82) is 0 Å². The number of nitrogens with one attached hydrogen (secondary N) is 2. The summed E-state index contributed by atoms with van der Waals surface area (Å²) in [4.78, 5) is 0. The van der Waals surface area contributed by atoms with Gasteiger partial charge in [-0.3, -0.25) is 5.43 Å². The lowest BCUT2D eigenvalue weighted by molar-refractivity contribution is 0.114. The highest BCUT2D eigenvalue weighted by molar-refractivity contribution is 9.10. The van der Waals surface area contributed by atoms with Crippen LogP contribution in [0.5, 0.6) is 0 Å². The van der Waals surface area contributed by atoms with Crippen LogP contribution in [0.15, 0.2) is 33.8 Å². The van der Waals surface area contributed by atoms with Crippen LogP contribution < -0.4 is 10.7 Å². The molecule has 1 saturated heterocycles. The van der Waals surface area contributed by atoms with Crippen molar-refractivity contribution in [1.82, 2.24) is 10.7 Å². The number of halogens is 1. The Labute approximate surface area is 126 Å². The summed E-state index contributed by atoms with van der Waals surface area (Å²) in [7, 11) is 0. The van der Waals surface area contributed by atoms with Crippen LogP contribution in [0.3, 0.4) is 0 Å². The van der Waals surface area contributed by atoms with Crippen LogP contribution in [-0.2, 0) is 4.74 Å².